The van der Waals surface area contributed by atoms with Crippen LogP contribution in [0.15, 0.2) is 35.2 Å². The third-order valence-corrected chi connectivity index (χ3v) is 5.82. The van der Waals surface area contributed by atoms with Gasteiger partial charge in [0.15, 0.2) is 0 Å². The third-order valence-electron chi connectivity index (χ3n) is 5.01. The average molecular weight is 437 g/mol. The van der Waals surface area contributed by atoms with Crippen LogP contribution in [0.4, 0.5) is 11.6 Å². The number of nitrogens with two attached hydrogens (primary N) is 1. The average Bonchev–Trinajstić information content (AvgIpc) is 3.45. The van der Waals surface area contributed by atoms with Gasteiger partial charge in [0.25, 0.3) is 0 Å². The van der Waals surface area contributed by atoms with Crippen molar-refractivity contribution >= 4 is 44.2 Å². The second-order valence-corrected chi connectivity index (χ2v) is 7.71. The van der Waals surface area contributed by atoms with Gasteiger partial charge in [-0.05, 0) is 52.9 Å². The number of amides is 1. The zero-order valence-corrected chi connectivity index (χ0v) is 16.7. The van der Waals surface area contributed by atoms with E-state index in [1.807, 2.05) is 13.0 Å². The van der Waals surface area contributed by atoms with Gasteiger partial charge in [0, 0.05) is 47.3 Å². The largest absolute Gasteiger partial charge is 0.383 e. The fourth-order valence-corrected chi connectivity index (χ4v) is 3.92. The molecule has 1 fully saturated rings. The molecule has 3 N–H and O–H groups in total. The molecule has 8 heteroatoms. The first-order valence-electron chi connectivity index (χ1n) is 8.83. The summed E-state index contributed by atoms with van der Waals surface area (Å²) in [4.78, 5) is 25.4. The normalized spacial score (nSPS) is 17.9. The highest BCUT2D eigenvalue weighted by Gasteiger charge is 2.42. The number of nitrogens with zero attached hydrogens (tertiary/aromatic N) is 4. The van der Waals surface area contributed by atoms with E-state index in [0.29, 0.717) is 29.1 Å². The maximum atomic E-state index is 12.4. The molecule has 1 aliphatic rings. The van der Waals surface area contributed by atoms with Crippen molar-refractivity contribution in [2.24, 2.45) is 11.8 Å². The molecule has 0 aliphatic heterocycles. The molecule has 140 valence electrons. The Hall–Kier alpha value is -3.05. The van der Waals surface area contributed by atoms with Gasteiger partial charge in [-0.15, -0.1) is 0 Å². The van der Waals surface area contributed by atoms with Crippen LogP contribution in [0.2, 0.25) is 0 Å². The van der Waals surface area contributed by atoms with E-state index in [9.17, 15) is 4.79 Å². The van der Waals surface area contributed by atoms with Crippen LogP contribution in [0.1, 0.15) is 18.4 Å². The minimum absolute atomic E-state index is 0.103. The minimum Gasteiger partial charge on any atom is -0.383 e. The Morgan fingerprint density at radius 3 is 3.00 bits per heavy atom. The minimum atomic E-state index is -0.114. The second kappa shape index (κ2) is 7.17. The van der Waals surface area contributed by atoms with Gasteiger partial charge in [0.05, 0.1) is 16.2 Å². The molecule has 1 amide bonds. The predicted molar refractivity (Wildman–Crippen MR) is 110 cm³/mol. The van der Waals surface area contributed by atoms with Crippen LogP contribution in [0, 0.1) is 30.1 Å². The van der Waals surface area contributed by atoms with Gasteiger partial charge >= 0.3 is 0 Å². The van der Waals surface area contributed by atoms with Crippen molar-refractivity contribution < 1.29 is 4.79 Å². The number of aromatic nitrogens is 3. The van der Waals surface area contributed by atoms with Crippen LogP contribution in [0.25, 0.3) is 22.0 Å². The first-order chi connectivity index (χ1) is 13.5. The Bertz CT molecular complexity index is 1140. The summed E-state index contributed by atoms with van der Waals surface area (Å²) >= 11 is 3.64. The van der Waals surface area contributed by atoms with Crippen LogP contribution in [0.3, 0.4) is 0 Å². The summed E-state index contributed by atoms with van der Waals surface area (Å²) in [5, 5.41) is 13.1. The molecule has 0 saturated heterocycles. The molecule has 3 aromatic rings. The van der Waals surface area contributed by atoms with Gasteiger partial charge < -0.3 is 11.1 Å². The Morgan fingerprint density at radius 1 is 1.43 bits per heavy atom. The molecular weight excluding hydrogens is 420 g/mol. The van der Waals surface area contributed by atoms with Gasteiger partial charge in [-0.3, -0.25) is 9.78 Å². The molecule has 0 bridgehead atoms. The number of pyridine rings is 3. The van der Waals surface area contributed by atoms with Crippen LogP contribution in [-0.2, 0) is 4.79 Å². The number of nitrogen functional groups attached to an aromatic ring is 1. The van der Waals surface area contributed by atoms with Crippen molar-refractivity contribution in [3.63, 3.8) is 0 Å². The van der Waals surface area contributed by atoms with Crippen molar-refractivity contribution in [2.45, 2.75) is 19.8 Å². The number of carbonyl (C=O) groups is 1. The topological polar surface area (TPSA) is 118 Å². The van der Waals surface area contributed by atoms with Gasteiger partial charge in [-0.1, -0.05) is 0 Å². The van der Waals surface area contributed by atoms with E-state index in [0.717, 1.165) is 27.4 Å². The van der Waals surface area contributed by atoms with Gasteiger partial charge in [0.1, 0.15) is 11.6 Å². The van der Waals surface area contributed by atoms with Crippen LogP contribution in [-0.4, -0.2) is 20.9 Å². The lowest BCUT2D eigenvalue weighted by Gasteiger charge is -2.12. The van der Waals surface area contributed by atoms with E-state index in [2.05, 4.69) is 42.3 Å². The maximum Gasteiger partial charge on any atom is 0.228 e. The summed E-state index contributed by atoms with van der Waals surface area (Å²) in [5.74, 6) is 0.737. The number of aryl methyl sites for hydroxylation is 1. The Kier molecular flexibility index (Phi) is 4.69. The molecule has 0 unspecified atom stereocenters. The molecule has 0 aromatic carbocycles. The van der Waals surface area contributed by atoms with E-state index in [4.69, 9.17) is 11.0 Å². The molecule has 2 atom stereocenters. The standard InChI is InChI=1S/C20H17BrN6O/c1-10-3-5-24-8-14(10)18-17(21)13-7-16(25-9-15(13)19(23)27-18)26-20(28)12-6-11(12)2-4-22/h3,5,7-9,11-12H,2,6H2,1H3,(H2,23,27)(H,25,26,28)/t11-,12-/m1/s1. The van der Waals surface area contributed by atoms with Crippen LogP contribution < -0.4 is 11.1 Å². The van der Waals surface area contributed by atoms with Gasteiger partial charge in [-0.25, -0.2) is 9.97 Å². The van der Waals surface area contributed by atoms with E-state index in [-0.39, 0.29) is 17.7 Å². The molecule has 1 aliphatic carbocycles. The van der Waals surface area contributed by atoms with Gasteiger partial charge in [0.2, 0.25) is 5.91 Å². The lowest BCUT2D eigenvalue weighted by atomic mass is 10.1. The van der Waals surface area contributed by atoms with E-state index >= 15 is 0 Å². The fourth-order valence-electron chi connectivity index (χ4n) is 3.29. The molecule has 4 rings (SSSR count). The second-order valence-electron chi connectivity index (χ2n) is 6.92. The first kappa shape index (κ1) is 18.3. The van der Waals surface area contributed by atoms with Crippen LogP contribution >= 0.6 is 15.9 Å². The Labute approximate surface area is 170 Å². The zero-order chi connectivity index (χ0) is 19.8. The van der Waals surface area contributed by atoms with Crippen molar-refractivity contribution in [1.29, 1.82) is 5.26 Å². The summed E-state index contributed by atoms with van der Waals surface area (Å²) < 4.78 is 0.763. The summed E-state index contributed by atoms with van der Waals surface area (Å²) in [6, 6.07) is 5.81. The molecule has 28 heavy (non-hydrogen) atoms. The fraction of sp³-hybridized carbons (Fsp3) is 0.250. The lowest BCUT2D eigenvalue weighted by molar-refractivity contribution is -0.117. The highest BCUT2D eigenvalue weighted by Crippen LogP contribution is 2.42. The monoisotopic (exact) mass is 436 g/mol. The molecule has 7 nitrogen and oxygen atoms in total. The number of halogens is 1. The number of nitrogens with one attached hydrogen (secondary N) is 1. The summed E-state index contributed by atoms with van der Waals surface area (Å²) in [6.45, 7) is 1.98. The quantitative estimate of drug-likeness (QED) is 0.641. The van der Waals surface area contributed by atoms with Crippen molar-refractivity contribution in [1.82, 2.24) is 15.0 Å². The van der Waals surface area contributed by atoms with E-state index < -0.39 is 0 Å². The summed E-state index contributed by atoms with van der Waals surface area (Å²) in [6.07, 6.45) is 6.24. The molecule has 3 aromatic heterocycles. The van der Waals surface area contributed by atoms with E-state index in [1.54, 1.807) is 24.7 Å². The molecule has 1 saturated carbocycles. The Morgan fingerprint density at radius 2 is 2.25 bits per heavy atom. The smallest absolute Gasteiger partial charge is 0.228 e. The predicted octanol–water partition coefficient (Wildman–Crippen LogP) is 3.83. The van der Waals surface area contributed by atoms with Crippen LogP contribution in [0.5, 0.6) is 0 Å². The number of carbonyl (C=O) groups excluding carboxylic acids is 1. The summed E-state index contributed by atoms with van der Waals surface area (Å²) in [7, 11) is 0. The Balaban J connectivity index is 1.71. The molecule has 3 heterocycles. The number of hydrogen-bond acceptors (Lipinski definition) is 6. The number of rotatable bonds is 4. The number of fused-ring (bicyclic) bond motifs is 1. The highest BCUT2D eigenvalue weighted by molar-refractivity contribution is 9.10. The highest BCUT2D eigenvalue weighted by atomic mass is 79.9. The zero-order valence-electron chi connectivity index (χ0n) is 15.1. The third kappa shape index (κ3) is 3.29. The first-order valence-corrected chi connectivity index (χ1v) is 9.62. The molecule has 0 radical (unpaired) electrons. The van der Waals surface area contributed by atoms with Crippen molar-refractivity contribution in [2.75, 3.05) is 11.1 Å². The molecular formula is C20H17BrN6O. The number of nitriles is 1. The maximum absolute atomic E-state index is 12.4. The SMILES string of the molecule is Cc1ccncc1-c1nc(N)c2cnc(NC(=O)[C@@H]3C[C@H]3CC#N)cc2c1Br. The van der Waals surface area contributed by atoms with E-state index in [1.165, 1.54) is 0 Å². The summed E-state index contributed by atoms with van der Waals surface area (Å²) in [5.41, 5.74) is 8.76. The lowest BCUT2D eigenvalue weighted by Crippen LogP contribution is -2.15. The van der Waals surface area contributed by atoms with Crippen molar-refractivity contribution in [3.8, 4) is 17.3 Å². The number of hydrogen-bond donors (Lipinski definition) is 2. The number of anilines is 2. The molecule has 0 spiro atoms. The van der Waals surface area contributed by atoms with Gasteiger partial charge in [-0.2, -0.15) is 5.26 Å². The van der Waals surface area contributed by atoms with Crippen molar-refractivity contribution in [3.05, 3.63) is 40.8 Å².